The summed E-state index contributed by atoms with van der Waals surface area (Å²) < 4.78 is 36.4. The second kappa shape index (κ2) is 5.21. The molecule has 0 aromatic heterocycles. The molecule has 1 fully saturated rings. The molecule has 114 valence electrons. The Bertz CT molecular complexity index is 644. The van der Waals surface area contributed by atoms with E-state index in [2.05, 4.69) is 0 Å². The Morgan fingerprint density at radius 3 is 2.43 bits per heavy atom. The van der Waals surface area contributed by atoms with Crippen LogP contribution in [-0.2, 0) is 19.3 Å². The molecule has 1 aromatic carbocycles. The van der Waals surface area contributed by atoms with Crippen LogP contribution in [0, 0.1) is 5.92 Å². The monoisotopic (exact) mass is 310 g/mol. The molecule has 1 saturated heterocycles. The number of hydrogen-bond acceptors (Lipinski definition) is 5. The van der Waals surface area contributed by atoms with Gasteiger partial charge in [-0.05, 0) is 12.1 Å². The molecule has 0 bridgehead atoms. The fourth-order valence-corrected chi connectivity index (χ4v) is 4.64. The van der Waals surface area contributed by atoms with Gasteiger partial charge >= 0.3 is 0 Å². The topological polar surface area (TPSA) is 72.8 Å². The second-order valence-corrected chi connectivity index (χ2v) is 7.32. The van der Waals surface area contributed by atoms with Gasteiger partial charge in [-0.2, -0.15) is 0 Å². The Labute approximate surface area is 124 Å². The lowest BCUT2D eigenvalue weighted by molar-refractivity contribution is -0.229. The van der Waals surface area contributed by atoms with Crippen molar-refractivity contribution in [3.8, 4) is 0 Å². The van der Waals surface area contributed by atoms with E-state index in [1.165, 1.54) is 0 Å². The highest BCUT2D eigenvalue weighted by Gasteiger charge is 2.50. The quantitative estimate of drug-likeness (QED) is 0.896. The molecule has 6 heteroatoms. The minimum atomic E-state index is -3.60. The van der Waals surface area contributed by atoms with E-state index in [4.69, 9.17) is 9.47 Å². The third kappa shape index (κ3) is 2.32. The van der Waals surface area contributed by atoms with E-state index in [9.17, 15) is 13.5 Å². The van der Waals surface area contributed by atoms with E-state index in [0.29, 0.717) is 13.2 Å². The first-order valence-electron chi connectivity index (χ1n) is 6.93. The zero-order chi connectivity index (χ0) is 15.1. The summed E-state index contributed by atoms with van der Waals surface area (Å²) in [5.74, 6) is -1.67. The number of ether oxygens (including phenoxy) is 2. The predicted octanol–water partition coefficient (Wildman–Crippen LogP) is 1.49. The first kappa shape index (κ1) is 14.7. The minimum absolute atomic E-state index is 0.228. The van der Waals surface area contributed by atoms with E-state index in [1.54, 1.807) is 43.3 Å². The summed E-state index contributed by atoms with van der Waals surface area (Å²) in [5, 5.41) is 10.5. The van der Waals surface area contributed by atoms with Crippen molar-refractivity contribution < 1.29 is 23.0 Å². The zero-order valence-corrected chi connectivity index (χ0v) is 12.5. The van der Waals surface area contributed by atoms with Crippen LogP contribution in [0.2, 0.25) is 0 Å². The van der Waals surface area contributed by atoms with E-state index >= 15 is 0 Å². The summed E-state index contributed by atoms with van der Waals surface area (Å²) in [6.07, 6.45) is 0.851. The van der Waals surface area contributed by atoms with Crippen LogP contribution in [0.25, 0.3) is 0 Å². The molecule has 5 nitrogen and oxygen atoms in total. The van der Waals surface area contributed by atoms with Crippen molar-refractivity contribution >= 4 is 9.84 Å². The molecular formula is C15H18O5S. The normalized spacial score (nSPS) is 28.6. The molecule has 1 spiro atoms. The highest BCUT2D eigenvalue weighted by molar-refractivity contribution is 7.95. The van der Waals surface area contributed by atoms with Crippen molar-refractivity contribution in [1.82, 2.24) is 0 Å². The summed E-state index contributed by atoms with van der Waals surface area (Å²) in [4.78, 5) is 0.463. The number of aliphatic hydroxyl groups is 1. The molecule has 3 rings (SSSR count). The third-order valence-electron chi connectivity index (χ3n) is 4.10. The van der Waals surface area contributed by atoms with Crippen molar-refractivity contribution in [2.24, 2.45) is 5.92 Å². The smallest absolute Gasteiger partial charge is 0.202 e. The Morgan fingerprint density at radius 1 is 1.19 bits per heavy atom. The largest absolute Gasteiger partial charge is 0.387 e. The van der Waals surface area contributed by atoms with Gasteiger partial charge in [-0.3, -0.25) is 0 Å². The Balaban J connectivity index is 1.98. The van der Waals surface area contributed by atoms with Crippen LogP contribution in [0.3, 0.4) is 0 Å². The van der Waals surface area contributed by atoms with Crippen molar-refractivity contribution in [3.05, 3.63) is 41.3 Å². The molecule has 0 radical (unpaired) electrons. The minimum Gasteiger partial charge on any atom is -0.387 e. The molecule has 2 aliphatic rings. The summed E-state index contributed by atoms with van der Waals surface area (Å²) in [6.45, 7) is 2.51. The lowest BCUT2D eigenvalue weighted by atomic mass is 9.88. The van der Waals surface area contributed by atoms with Crippen molar-refractivity contribution in [2.45, 2.75) is 30.1 Å². The number of hydrogen-bond donors (Lipinski definition) is 1. The van der Waals surface area contributed by atoms with Crippen LogP contribution in [0.15, 0.2) is 46.2 Å². The summed E-state index contributed by atoms with van der Waals surface area (Å²) in [7, 11) is -3.60. The molecule has 0 unspecified atom stereocenters. The number of aliphatic hydroxyl groups excluding tert-OH is 1. The van der Waals surface area contributed by atoms with Gasteiger partial charge in [0.1, 0.15) is 6.10 Å². The van der Waals surface area contributed by atoms with Crippen molar-refractivity contribution in [2.75, 3.05) is 13.2 Å². The maximum Gasteiger partial charge on any atom is 0.202 e. The fourth-order valence-electron chi connectivity index (χ4n) is 2.94. The molecule has 1 heterocycles. The highest BCUT2D eigenvalue weighted by atomic mass is 32.2. The van der Waals surface area contributed by atoms with Gasteiger partial charge < -0.3 is 14.6 Å². The molecule has 1 aromatic rings. The average molecular weight is 310 g/mol. The van der Waals surface area contributed by atoms with Crippen LogP contribution in [0.1, 0.15) is 13.3 Å². The van der Waals surface area contributed by atoms with Crippen molar-refractivity contribution in [3.63, 3.8) is 0 Å². The Morgan fingerprint density at radius 2 is 1.81 bits per heavy atom. The van der Waals surface area contributed by atoms with E-state index in [1.807, 2.05) is 0 Å². The first-order valence-corrected chi connectivity index (χ1v) is 8.42. The van der Waals surface area contributed by atoms with E-state index in [-0.39, 0.29) is 16.2 Å². The predicted molar refractivity (Wildman–Crippen MR) is 76.1 cm³/mol. The molecule has 2 atom stereocenters. The van der Waals surface area contributed by atoms with Crippen molar-refractivity contribution in [1.29, 1.82) is 0 Å². The second-order valence-electron chi connectivity index (χ2n) is 5.37. The van der Waals surface area contributed by atoms with Gasteiger partial charge in [0.05, 0.1) is 23.0 Å². The van der Waals surface area contributed by atoms with Gasteiger partial charge in [0, 0.05) is 12.3 Å². The van der Waals surface area contributed by atoms with Gasteiger partial charge in [-0.1, -0.05) is 31.2 Å². The van der Waals surface area contributed by atoms with Crippen LogP contribution < -0.4 is 0 Å². The van der Waals surface area contributed by atoms with E-state index < -0.39 is 27.6 Å². The van der Waals surface area contributed by atoms with Gasteiger partial charge in [0.25, 0.3) is 0 Å². The number of benzene rings is 1. The first-order chi connectivity index (χ1) is 9.97. The van der Waals surface area contributed by atoms with Crippen LogP contribution in [0.5, 0.6) is 0 Å². The summed E-state index contributed by atoms with van der Waals surface area (Å²) >= 11 is 0. The number of rotatable bonds is 2. The van der Waals surface area contributed by atoms with Gasteiger partial charge in [0.15, 0.2) is 5.79 Å². The maximum absolute atomic E-state index is 12.7. The van der Waals surface area contributed by atoms with Gasteiger partial charge in [0.2, 0.25) is 9.84 Å². The Hall–Kier alpha value is -1.21. The van der Waals surface area contributed by atoms with Crippen LogP contribution >= 0.6 is 0 Å². The lowest BCUT2D eigenvalue weighted by Crippen LogP contribution is -2.50. The maximum atomic E-state index is 12.7. The standard InChI is InChI=1S/C15H18O5S/c1-11-13(21(17,18)12-5-3-2-4-6-12)7-8-15(14(11)16)19-9-10-20-15/h2-7,11,14,16H,8-10H2,1H3/t11-,14-/m0/s1. The fraction of sp³-hybridized carbons (Fsp3) is 0.467. The molecule has 1 N–H and O–H groups in total. The molecule has 0 saturated carbocycles. The van der Waals surface area contributed by atoms with E-state index in [0.717, 1.165) is 0 Å². The third-order valence-corrected chi connectivity index (χ3v) is 6.15. The molecule has 1 aliphatic carbocycles. The average Bonchev–Trinajstić information content (AvgIpc) is 2.95. The number of sulfone groups is 1. The molecule has 1 aliphatic heterocycles. The van der Waals surface area contributed by atoms with Gasteiger partial charge in [-0.25, -0.2) is 8.42 Å². The molecule has 21 heavy (non-hydrogen) atoms. The zero-order valence-electron chi connectivity index (χ0n) is 11.7. The van der Waals surface area contributed by atoms with Gasteiger partial charge in [-0.15, -0.1) is 0 Å². The molecule has 0 amide bonds. The molecular weight excluding hydrogens is 292 g/mol. The lowest BCUT2D eigenvalue weighted by Gasteiger charge is -2.39. The van der Waals surface area contributed by atoms with Crippen LogP contribution in [-0.4, -0.2) is 38.6 Å². The van der Waals surface area contributed by atoms with Crippen LogP contribution in [0.4, 0.5) is 0 Å². The Kier molecular flexibility index (Phi) is 3.65. The summed E-state index contributed by atoms with van der Waals surface area (Å²) in [5.41, 5.74) is 0. The highest BCUT2D eigenvalue weighted by Crippen LogP contribution is 2.41. The SMILES string of the molecule is C[C@H]1C(S(=O)(=O)c2ccccc2)=CCC2(OCCO2)[C@H]1O. The summed E-state index contributed by atoms with van der Waals surface area (Å²) in [6, 6.07) is 8.25.